The lowest BCUT2D eigenvalue weighted by Crippen LogP contribution is -2.15. The van der Waals surface area contributed by atoms with Gasteiger partial charge in [-0.15, -0.1) is 0 Å². The molecule has 19 heavy (non-hydrogen) atoms. The van der Waals surface area contributed by atoms with Gasteiger partial charge in [0, 0.05) is 18.4 Å². The predicted octanol–water partition coefficient (Wildman–Crippen LogP) is 2.05. The van der Waals surface area contributed by atoms with Crippen LogP contribution < -0.4 is 9.47 Å². The Kier molecular flexibility index (Phi) is 3.33. The smallest absolute Gasteiger partial charge is 0.162 e. The number of hydrogen-bond acceptors (Lipinski definition) is 4. The molecule has 0 amide bonds. The van der Waals surface area contributed by atoms with Crippen molar-refractivity contribution in [2.45, 2.75) is 6.42 Å². The van der Waals surface area contributed by atoms with Crippen LogP contribution in [0, 0.1) is 0 Å². The van der Waals surface area contributed by atoms with E-state index in [1.807, 2.05) is 30.3 Å². The van der Waals surface area contributed by atoms with Crippen molar-refractivity contribution in [2.24, 2.45) is 0 Å². The second-order valence-corrected chi connectivity index (χ2v) is 4.38. The zero-order valence-electron chi connectivity index (χ0n) is 10.5. The average Bonchev–Trinajstić information content (AvgIpc) is 2.47. The molecule has 1 aliphatic heterocycles. The molecule has 0 spiro atoms. The number of aliphatic hydroxyl groups excluding tert-OH is 1. The molecule has 0 radical (unpaired) electrons. The molecule has 2 aromatic rings. The summed E-state index contributed by atoms with van der Waals surface area (Å²) >= 11 is 0. The largest absolute Gasteiger partial charge is 0.486 e. The van der Waals surface area contributed by atoms with Crippen LogP contribution in [0.5, 0.6) is 11.5 Å². The fraction of sp³-hybridized carbons (Fsp3) is 0.267. The van der Waals surface area contributed by atoms with E-state index in [1.165, 1.54) is 0 Å². The summed E-state index contributed by atoms with van der Waals surface area (Å²) < 4.78 is 11.1. The molecule has 4 nitrogen and oxygen atoms in total. The topological polar surface area (TPSA) is 51.6 Å². The van der Waals surface area contributed by atoms with Crippen LogP contribution >= 0.6 is 0 Å². The van der Waals surface area contributed by atoms with Crippen LogP contribution in [0.2, 0.25) is 0 Å². The molecule has 0 unspecified atom stereocenters. The lowest BCUT2D eigenvalue weighted by Gasteiger charge is -2.18. The van der Waals surface area contributed by atoms with E-state index in [9.17, 15) is 0 Å². The first-order chi connectivity index (χ1) is 9.36. The van der Waals surface area contributed by atoms with Gasteiger partial charge in [0.2, 0.25) is 0 Å². The number of pyridine rings is 1. The maximum atomic E-state index is 8.98. The second-order valence-electron chi connectivity index (χ2n) is 4.38. The molecule has 1 aliphatic rings. The normalized spacial score (nSPS) is 13.3. The van der Waals surface area contributed by atoms with Gasteiger partial charge >= 0.3 is 0 Å². The Labute approximate surface area is 111 Å². The van der Waals surface area contributed by atoms with Gasteiger partial charge in [-0.25, -0.2) is 0 Å². The molecule has 3 rings (SSSR count). The summed E-state index contributed by atoms with van der Waals surface area (Å²) in [5, 5.41) is 8.98. The average molecular weight is 257 g/mol. The van der Waals surface area contributed by atoms with E-state index < -0.39 is 0 Å². The number of aromatic nitrogens is 1. The number of fused-ring (bicyclic) bond motifs is 1. The highest BCUT2D eigenvalue weighted by molar-refractivity contribution is 5.64. The van der Waals surface area contributed by atoms with Gasteiger partial charge in [-0.2, -0.15) is 0 Å². The minimum Gasteiger partial charge on any atom is -0.486 e. The van der Waals surface area contributed by atoms with Crippen molar-refractivity contribution in [3.8, 4) is 22.8 Å². The van der Waals surface area contributed by atoms with Crippen molar-refractivity contribution >= 4 is 0 Å². The summed E-state index contributed by atoms with van der Waals surface area (Å²) in [7, 11) is 0. The minimum absolute atomic E-state index is 0.143. The van der Waals surface area contributed by atoms with Gasteiger partial charge in [-0.1, -0.05) is 0 Å². The zero-order chi connectivity index (χ0) is 13.1. The fourth-order valence-electron chi connectivity index (χ4n) is 2.12. The number of benzene rings is 1. The van der Waals surface area contributed by atoms with E-state index >= 15 is 0 Å². The van der Waals surface area contributed by atoms with Crippen molar-refractivity contribution in [3.05, 3.63) is 42.1 Å². The number of rotatable bonds is 3. The molecule has 0 aliphatic carbocycles. The third kappa shape index (κ3) is 2.53. The lowest BCUT2D eigenvalue weighted by molar-refractivity contribution is 0.171. The van der Waals surface area contributed by atoms with Crippen molar-refractivity contribution in [2.75, 3.05) is 19.8 Å². The van der Waals surface area contributed by atoms with Gasteiger partial charge in [0.15, 0.2) is 11.5 Å². The maximum absolute atomic E-state index is 8.98. The molecule has 1 aromatic heterocycles. The van der Waals surface area contributed by atoms with Crippen molar-refractivity contribution in [1.29, 1.82) is 0 Å². The molecule has 0 saturated carbocycles. The van der Waals surface area contributed by atoms with Gasteiger partial charge in [0.05, 0.1) is 5.69 Å². The van der Waals surface area contributed by atoms with Crippen LogP contribution in [0.25, 0.3) is 11.3 Å². The first-order valence-corrected chi connectivity index (χ1v) is 6.32. The zero-order valence-corrected chi connectivity index (χ0v) is 10.5. The molecule has 1 aromatic carbocycles. The molecule has 4 heteroatoms. The molecule has 98 valence electrons. The Bertz CT molecular complexity index is 583. The first kappa shape index (κ1) is 12.0. The van der Waals surface area contributed by atoms with E-state index in [0.29, 0.717) is 19.6 Å². The molecule has 0 fully saturated rings. The Morgan fingerprint density at radius 2 is 1.89 bits per heavy atom. The molecule has 0 atom stereocenters. The summed E-state index contributed by atoms with van der Waals surface area (Å²) in [5.74, 6) is 1.54. The highest BCUT2D eigenvalue weighted by Gasteiger charge is 2.12. The van der Waals surface area contributed by atoms with Crippen LogP contribution in [-0.4, -0.2) is 29.9 Å². The van der Waals surface area contributed by atoms with E-state index in [0.717, 1.165) is 28.3 Å². The monoisotopic (exact) mass is 257 g/mol. The summed E-state index contributed by atoms with van der Waals surface area (Å²) in [5.41, 5.74) is 2.94. The number of nitrogens with zero attached hydrogens (tertiary/aromatic N) is 1. The molecule has 1 N–H and O–H groups in total. The Balaban J connectivity index is 1.95. The Morgan fingerprint density at radius 3 is 2.74 bits per heavy atom. The summed E-state index contributed by atoms with van der Waals surface area (Å²) in [6.45, 7) is 1.32. The molecule has 0 bridgehead atoms. The highest BCUT2D eigenvalue weighted by atomic mass is 16.6. The van der Waals surface area contributed by atoms with Gasteiger partial charge in [-0.3, -0.25) is 4.98 Å². The summed E-state index contributed by atoms with van der Waals surface area (Å²) in [4.78, 5) is 4.36. The van der Waals surface area contributed by atoms with Crippen molar-refractivity contribution in [3.63, 3.8) is 0 Å². The van der Waals surface area contributed by atoms with Crippen molar-refractivity contribution < 1.29 is 14.6 Å². The standard InChI is InChI=1S/C15H15NO3/c17-6-4-11-3-5-16-13(9-11)12-1-2-14-15(10-12)19-8-7-18-14/h1-3,5,9-10,17H,4,6-8H2. The van der Waals surface area contributed by atoms with Crippen LogP contribution in [0.1, 0.15) is 5.56 Å². The summed E-state index contributed by atoms with van der Waals surface area (Å²) in [6.07, 6.45) is 2.40. The third-order valence-corrected chi connectivity index (χ3v) is 3.06. The molecule has 0 saturated heterocycles. The number of ether oxygens (including phenoxy) is 2. The van der Waals surface area contributed by atoms with Gasteiger partial charge in [0.25, 0.3) is 0 Å². The predicted molar refractivity (Wildman–Crippen MR) is 71.5 cm³/mol. The molecule has 2 heterocycles. The van der Waals surface area contributed by atoms with E-state index in [2.05, 4.69) is 4.98 Å². The van der Waals surface area contributed by atoms with Crippen molar-refractivity contribution in [1.82, 2.24) is 4.98 Å². The van der Waals surface area contributed by atoms with Crippen LogP contribution in [0.4, 0.5) is 0 Å². The van der Waals surface area contributed by atoms with E-state index in [1.54, 1.807) is 6.20 Å². The molecular formula is C15H15NO3. The number of hydrogen-bond donors (Lipinski definition) is 1. The lowest BCUT2D eigenvalue weighted by atomic mass is 10.1. The SMILES string of the molecule is OCCc1ccnc(-c2ccc3c(c2)OCCO3)c1. The summed E-state index contributed by atoms with van der Waals surface area (Å²) in [6, 6.07) is 9.72. The quantitative estimate of drug-likeness (QED) is 0.914. The number of aliphatic hydroxyl groups is 1. The fourth-order valence-corrected chi connectivity index (χ4v) is 2.12. The van der Waals surface area contributed by atoms with Gasteiger partial charge in [-0.05, 0) is 42.3 Å². The highest BCUT2D eigenvalue weighted by Crippen LogP contribution is 2.34. The minimum atomic E-state index is 0.143. The van der Waals surface area contributed by atoms with Gasteiger partial charge in [0.1, 0.15) is 13.2 Å². The Hall–Kier alpha value is -2.07. The van der Waals surface area contributed by atoms with E-state index in [-0.39, 0.29) is 6.61 Å². The van der Waals surface area contributed by atoms with Crippen LogP contribution in [0.3, 0.4) is 0 Å². The third-order valence-electron chi connectivity index (χ3n) is 3.06. The molecular weight excluding hydrogens is 242 g/mol. The van der Waals surface area contributed by atoms with Crippen LogP contribution in [0.15, 0.2) is 36.5 Å². The maximum Gasteiger partial charge on any atom is 0.162 e. The van der Waals surface area contributed by atoms with Gasteiger partial charge < -0.3 is 14.6 Å². The Morgan fingerprint density at radius 1 is 1.05 bits per heavy atom. The van der Waals surface area contributed by atoms with E-state index in [4.69, 9.17) is 14.6 Å². The second kappa shape index (κ2) is 5.28. The van der Waals surface area contributed by atoms with Crippen LogP contribution in [-0.2, 0) is 6.42 Å². The first-order valence-electron chi connectivity index (χ1n) is 6.32.